The molecule has 6 heteroatoms. The van der Waals surface area contributed by atoms with Gasteiger partial charge in [0.25, 0.3) is 0 Å². The molecule has 3 aromatic rings. The molecule has 0 saturated heterocycles. The third-order valence-corrected chi connectivity index (χ3v) is 3.86. The zero-order valence-corrected chi connectivity index (χ0v) is 12.7. The van der Waals surface area contributed by atoms with Gasteiger partial charge in [-0.15, -0.1) is 0 Å². The van der Waals surface area contributed by atoms with Gasteiger partial charge in [0.2, 0.25) is 11.8 Å². The van der Waals surface area contributed by atoms with Gasteiger partial charge in [0.05, 0.1) is 0 Å². The molecule has 0 fully saturated rings. The number of oxazole rings is 1. The molecule has 112 valence electrons. The molecule has 0 saturated carbocycles. The molecular weight excluding hydrogens is 300 g/mol. The topological polar surface area (TPSA) is 78.3 Å². The van der Waals surface area contributed by atoms with E-state index in [-0.39, 0.29) is 0 Å². The molecule has 0 atom stereocenters. The average molecular weight is 314 g/mol. The number of aromatic nitrogens is 1. The molecule has 2 heterocycles. The van der Waals surface area contributed by atoms with Gasteiger partial charge in [-0.05, 0) is 42.6 Å². The summed E-state index contributed by atoms with van der Waals surface area (Å²) in [6.45, 7) is 2.16. The number of amides is 1. The zero-order chi connectivity index (χ0) is 15.5. The number of carbonyl (C=O) groups excluding carboxylic acids is 1. The van der Waals surface area contributed by atoms with Crippen LogP contribution in [-0.2, 0) is 6.61 Å². The SMILES string of the molecule is Cc1oc(-c2ccsc2)nc1COc1ccc(C(N)=O)cc1. The van der Waals surface area contributed by atoms with Gasteiger partial charge in [-0.3, -0.25) is 4.79 Å². The van der Waals surface area contributed by atoms with Crippen molar-refractivity contribution in [1.82, 2.24) is 4.98 Å². The number of nitrogens with two attached hydrogens (primary N) is 1. The number of ether oxygens (including phenoxy) is 1. The number of carbonyl (C=O) groups is 1. The van der Waals surface area contributed by atoms with Crippen molar-refractivity contribution >= 4 is 17.2 Å². The number of aryl methyl sites for hydroxylation is 1. The molecular formula is C16H14N2O3S. The number of nitrogens with zero attached hydrogens (tertiary/aromatic N) is 1. The predicted molar refractivity (Wildman–Crippen MR) is 83.8 cm³/mol. The average Bonchev–Trinajstić information content (AvgIpc) is 3.15. The van der Waals surface area contributed by atoms with Crippen LogP contribution in [0.4, 0.5) is 0 Å². The Bertz CT molecular complexity index is 776. The molecule has 0 unspecified atom stereocenters. The lowest BCUT2D eigenvalue weighted by atomic mass is 10.2. The summed E-state index contributed by atoms with van der Waals surface area (Å²) in [5, 5.41) is 3.96. The number of primary amides is 1. The molecule has 0 radical (unpaired) electrons. The van der Waals surface area contributed by atoms with Crippen LogP contribution in [0.15, 0.2) is 45.5 Å². The fraction of sp³-hybridized carbons (Fsp3) is 0.125. The van der Waals surface area contributed by atoms with Crippen LogP contribution < -0.4 is 10.5 Å². The number of benzene rings is 1. The van der Waals surface area contributed by atoms with E-state index in [1.165, 1.54) is 0 Å². The number of thiophene rings is 1. The molecule has 0 aliphatic heterocycles. The maximum Gasteiger partial charge on any atom is 0.248 e. The van der Waals surface area contributed by atoms with Crippen LogP contribution in [0.5, 0.6) is 5.75 Å². The smallest absolute Gasteiger partial charge is 0.248 e. The zero-order valence-electron chi connectivity index (χ0n) is 11.9. The molecule has 0 bridgehead atoms. The summed E-state index contributed by atoms with van der Waals surface area (Å²) in [5.41, 5.74) is 7.36. The second-order valence-electron chi connectivity index (χ2n) is 4.71. The van der Waals surface area contributed by atoms with Gasteiger partial charge in [0.15, 0.2) is 0 Å². The fourth-order valence-corrected chi connectivity index (χ4v) is 2.57. The molecule has 2 N–H and O–H groups in total. The van der Waals surface area contributed by atoms with Gasteiger partial charge < -0.3 is 14.9 Å². The summed E-state index contributed by atoms with van der Waals surface area (Å²) in [6, 6.07) is 8.63. The Morgan fingerprint density at radius 3 is 2.73 bits per heavy atom. The molecule has 22 heavy (non-hydrogen) atoms. The summed E-state index contributed by atoms with van der Waals surface area (Å²) in [7, 11) is 0. The van der Waals surface area contributed by atoms with Crippen LogP contribution in [0.1, 0.15) is 21.8 Å². The highest BCUT2D eigenvalue weighted by Crippen LogP contribution is 2.24. The molecule has 5 nitrogen and oxygen atoms in total. The molecule has 0 aliphatic carbocycles. The quantitative estimate of drug-likeness (QED) is 0.783. The monoisotopic (exact) mass is 314 g/mol. The van der Waals surface area contributed by atoms with Crippen LogP contribution in [-0.4, -0.2) is 10.9 Å². The van der Waals surface area contributed by atoms with Crippen molar-refractivity contribution in [2.75, 3.05) is 0 Å². The molecule has 0 aliphatic rings. The van der Waals surface area contributed by atoms with Gasteiger partial charge >= 0.3 is 0 Å². The number of rotatable bonds is 5. The van der Waals surface area contributed by atoms with Crippen molar-refractivity contribution in [2.45, 2.75) is 13.5 Å². The standard InChI is InChI=1S/C16H14N2O3S/c1-10-14(18-16(21-10)12-6-7-22-9-12)8-20-13-4-2-11(3-5-13)15(17)19/h2-7,9H,8H2,1H3,(H2,17,19). The lowest BCUT2D eigenvalue weighted by molar-refractivity contribution is 0.1000. The van der Waals surface area contributed by atoms with Crippen LogP contribution in [0.2, 0.25) is 0 Å². The summed E-state index contributed by atoms with van der Waals surface area (Å²) >= 11 is 1.59. The van der Waals surface area contributed by atoms with Gasteiger partial charge in [-0.25, -0.2) is 4.98 Å². The van der Waals surface area contributed by atoms with Crippen molar-refractivity contribution in [3.8, 4) is 17.2 Å². The first-order chi connectivity index (χ1) is 10.6. The van der Waals surface area contributed by atoms with E-state index in [9.17, 15) is 4.79 Å². The van der Waals surface area contributed by atoms with Crippen LogP contribution in [0.25, 0.3) is 11.5 Å². The Hall–Kier alpha value is -2.60. The molecule has 0 spiro atoms. The largest absolute Gasteiger partial charge is 0.487 e. The third kappa shape index (κ3) is 3.01. The summed E-state index contributed by atoms with van der Waals surface area (Å²) in [5.74, 6) is 1.51. The van der Waals surface area contributed by atoms with E-state index in [4.69, 9.17) is 14.9 Å². The van der Waals surface area contributed by atoms with Crippen molar-refractivity contribution in [1.29, 1.82) is 0 Å². The maximum absolute atomic E-state index is 11.0. The van der Waals surface area contributed by atoms with Crippen molar-refractivity contribution < 1.29 is 13.9 Å². The summed E-state index contributed by atoms with van der Waals surface area (Å²) < 4.78 is 11.3. The highest BCUT2D eigenvalue weighted by atomic mass is 32.1. The van der Waals surface area contributed by atoms with Crippen molar-refractivity contribution in [2.24, 2.45) is 5.73 Å². The Labute approximate surface area is 131 Å². The third-order valence-electron chi connectivity index (χ3n) is 3.18. The summed E-state index contributed by atoms with van der Waals surface area (Å²) in [4.78, 5) is 15.5. The van der Waals surface area contributed by atoms with Gasteiger partial charge in [-0.1, -0.05) is 0 Å². The minimum absolute atomic E-state index is 0.301. The lowest BCUT2D eigenvalue weighted by Crippen LogP contribution is -2.10. The molecule has 2 aromatic heterocycles. The molecule has 1 aromatic carbocycles. The first-order valence-corrected chi connectivity index (χ1v) is 7.59. The van der Waals surface area contributed by atoms with Gasteiger partial charge in [-0.2, -0.15) is 11.3 Å². The Morgan fingerprint density at radius 2 is 2.09 bits per heavy atom. The second kappa shape index (κ2) is 6.03. The first-order valence-electron chi connectivity index (χ1n) is 6.65. The van der Waals surface area contributed by atoms with Crippen molar-refractivity contribution in [3.63, 3.8) is 0 Å². The highest BCUT2D eigenvalue weighted by Gasteiger charge is 2.12. The Balaban J connectivity index is 1.70. The van der Waals surface area contributed by atoms with E-state index in [1.807, 2.05) is 23.8 Å². The van der Waals surface area contributed by atoms with Crippen molar-refractivity contribution in [3.05, 3.63) is 58.1 Å². The van der Waals surface area contributed by atoms with Crippen LogP contribution >= 0.6 is 11.3 Å². The summed E-state index contributed by atoms with van der Waals surface area (Å²) in [6.07, 6.45) is 0. The number of hydrogen-bond acceptors (Lipinski definition) is 5. The Kier molecular flexibility index (Phi) is 3.93. The van der Waals surface area contributed by atoms with E-state index in [0.717, 1.165) is 17.0 Å². The van der Waals surface area contributed by atoms with Gasteiger partial charge in [0.1, 0.15) is 23.8 Å². The predicted octanol–water partition coefficient (Wildman–Crippen LogP) is 3.39. The van der Waals surface area contributed by atoms with Crippen LogP contribution in [0, 0.1) is 6.92 Å². The lowest BCUT2D eigenvalue weighted by Gasteiger charge is -2.04. The van der Waals surface area contributed by atoms with E-state index in [1.54, 1.807) is 35.6 Å². The number of hydrogen-bond donors (Lipinski definition) is 1. The highest BCUT2D eigenvalue weighted by molar-refractivity contribution is 7.08. The maximum atomic E-state index is 11.0. The first kappa shape index (κ1) is 14.3. The van der Waals surface area contributed by atoms with Crippen LogP contribution in [0.3, 0.4) is 0 Å². The van der Waals surface area contributed by atoms with E-state index < -0.39 is 5.91 Å². The van der Waals surface area contributed by atoms with E-state index >= 15 is 0 Å². The molecule has 1 amide bonds. The second-order valence-corrected chi connectivity index (χ2v) is 5.49. The molecule has 3 rings (SSSR count). The fourth-order valence-electron chi connectivity index (χ4n) is 1.94. The van der Waals surface area contributed by atoms with Gasteiger partial charge in [0, 0.05) is 16.5 Å². The van der Waals surface area contributed by atoms with E-state index in [0.29, 0.717) is 23.8 Å². The Morgan fingerprint density at radius 1 is 1.32 bits per heavy atom. The normalized spacial score (nSPS) is 10.6. The minimum atomic E-state index is -0.459. The minimum Gasteiger partial charge on any atom is -0.487 e. The van der Waals surface area contributed by atoms with E-state index in [2.05, 4.69) is 4.98 Å².